The van der Waals surface area contributed by atoms with Gasteiger partial charge in [0, 0.05) is 12.2 Å². The SMILES string of the molecule is O=C1OCCN1c1ccc(S(=O)(=O)N(CCc2ccccc2)c2ccccc2)cc1. The molecule has 0 bridgehead atoms. The number of amides is 1. The van der Waals surface area contributed by atoms with E-state index in [1.54, 1.807) is 24.3 Å². The van der Waals surface area contributed by atoms with Crippen molar-refractivity contribution in [3.63, 3.8) is 0 Å². The van der Waals surface area contributed by atoms with Crippen molar-refractivity contribution >= 4 is 27.5 Å². The number of ether oxygens (including phenoxy) is 1. The van der Waals surface area contributed by atoms with Gasteiger partial charge in [-0.25, -0.2) is 13.2 Å². The van der Waals surface area contributed by atoms with Crippen LogP contribution in [0.5, 0.6) is 0 Å². The number of para-hydroxylation sites is 1. The fourth-order valence-electron chi connectivity index (χ4n) is 3.41. The average Bonchev–Trinajstić information content (AvgIpc) is 3.21. The van der Waals surface area contributed by atoms with Crippen molar-refractivity contribution in [2.45, 2.75) is 11.3 Å². The molecule has 0 radical (unpaired) electrons. The van der Waals surface area contributed by atoms with E-state index in [1.165, 1.54) is 21.3 Å². The minimum Gasteiger partial charge on any atom is -0.447 e. The number of rotatable bonds is 7. The Morgan fingerprint density at radius 2 is 1.50 bits per heavy atom. The molecule has 1 amide bonds. The molecule has 1 aliphatic rings. The van der Waals surface area contributed by atoms with Crippen molar-refractivity contribution in [1.29, 1.82) is 0 Å². The zero-order valence-electron chi connectivity index (χ0n) is 16.3. The van der Waals surface area contributed by atoms with E-state index in [9.17, 15) is 13.2 Å². The molecule has 6 nitrogen and oxygen atoms in total. The van der Waals surface area contributed by atoms with Crippen molar-refractivity contribution in [3.05, 3.63) is 90.5 Å². The van der Waals surface area contributed by atoms with Crippen LogP contribution in [0, 0.1) is 0 Å². The zero-order chi connectivity index (χ0) is 21.0. The Kier molecular flexibility index (Phi) is 5.72. The van der Waals surface area contributed by atoms with Crippen LogP contribution >= 0.6 is 0 Å². The van der Waals surface area contributed by atoms with Crippen molar-refractivity contribution in [1.82, 2.24) is 0 Å². The van der Waals surface area contributed by atoms with E-state index in [4.69, 9.17) is 4.74 Å². The quantitative estimate of drug-likeness (QED) is 0.575. The molecule has 0 aliphatic carbocycles. The highest BCUT2D eigenvalue weighted by Gasteiger charge is 2.27. The van der Waals surface area contributed by atoms with E-state index in [0.717, 1.165) is 5.56 Å². The zero-order valence-corrected chi connectivity index (χ0v) is 17.2. The van der Waals surface area contributed by atoms with Crippen LogP contribution in [0.4, 0.5) is 16.2 Å². The van der Waals surface area contributed by atoms with E-state index < -0.39 is 16.1 Å². The Morgan fingerprint density at radius 3 is 2.10 bits per heavy atom. The largest absolute Gasteiger partial charge is 0.447 e. The summed E-state index contributed by atoms with van der Waals surface area (Å²) in [5.74, 6) is 0. The number of carbonyl (C=O) groups is 1. The van der Waals surface area contributed by atoms with Crippen LogP contribution < -0.4 is 9.21 Å². The molecule has 0 spiro atoms. The number of nitrogens with zero attached hydrogens (tertiary/aromatic N) is 2. The van der Waals surface area contributed by atoms with Crippen molar-refractivity contribution in [2.24, 2.45) is 0 Å². The first-order valence-electron chi connectivity index (χ1n) is 9.72. The molecule has 0 saturated carbocycles. The summed E-state index contributed by atoms with van der Waals surface area (Å²) in [6.07, 6.45) is 0.173. The lowest BCUT2D eigenvalue weighted by Gasteiger charge is -2.25. The van der Waals surface area contributed by atoms with Crippen LogP contribution in [0.1, 0.15) is 5.56 Å². The van der Waals surface area contributed by atoms with E-state index >= 15 is 0 Å². The minimum absolute atomic E-state index is 0.177. The molecule has 0 atom stereocenters. The molecule has 3 aromatic rings. The molecule has 154 valence electrons. The second-order valence-electron chi connectivity index (χ2n) is 6.91. The molecule has 7 heteroatoms. The van der Waals surface area contributed by atoms with Gasteiger partial charge in [0.25, 0.3) is 10.0 Å². The first-order valence-corrected chi connectivity index (χ1v) is 11.2. The summed E-state index contributed by atoms with van der Waals surface area (Å²) < 4.78 is 33.3. The lowest BCUT2D eigenvalue weighted by atomic mass is 10.1. The maximum atomic E-state index is 13.5. The summed E-state index contributed by atoms with van der Waals surface area (Å²) in [5.41, 5.74) is 2.30. The molecular weight excluding hydrogens is 400 g/mol. The third-order valence-corrected chi connectivity index (χ3v) is 6.83. The predicted molar refractivity (Wildman–Crippen MR) is 116 cm³/mol. The third kappa shape index (κ3) is 4.16. The van der Waals surface area contributed by atoms with Crippen LogP contribution in [-0.2, 0) is 21.2 Å². The molecule has 0 N–H and O–H groups in total. The molecule has 30 heavy (non-hydrogen) atoms. The molecule has 3 aromatic carbocycles. The molecule has 4 rings (SSSR count). The van der Waals surface area contributed by atoms with Crippen LogP contribution in [-0.4, -0.2) is 34.2 Å². The van der Waals surface area contributed by atoms with Crippen LogP contribution in [0.15, 0.2) is 89.8 Å². The van der Waals surface area contributed by atoms with Gasteiger partial charge in [0.2, 0.25) is 0 Å². The highest BCUT2D eigenvalue weighted by molar-refractivity contribution is 7.92. The van der Waals surface area contributed by atoms with Gasteiger partial charge in [-0.05, 0) is 48.4 Å². The number of hydrogen-bond acceptors (Lipinski definition) is 4. The number of sulfonamides is 1. The lowest BCUT2D eigenvalue weighted by molar-refractivity contribution is 0.181. The van der Waals surface area contributed by atoms with E-state index in [-0.39, 0.29) is 4.90 Å². The minimum atomic E-state index is -3.78. The average molecular weight is 423 g/mol. The van der Waals surface area contributed by atoms with Crippen molar-refractivity contribution < 1.29 is 17.9 Å². The van der Waals surface area contributed by atoms with E-state index in [0.29, 0.717) is 37.5 Å². The fraction of sp³-hybridized carbons (Fsp3) is 0.174. The summed E-state index contributed by atoms with van der Waals surface area (Å²) >= 11 is 0. The lowest BCUT2D eigenvalue weighted by Crippen LogP contribution is -2.33. The maximum Gasteiger partial charge on any atom is 0.414 e. The Hall–Kier alpha value is -3.32. The molecule has 0 aromatic heterocycles. The number of carbonyl (C=O) groups excluding carboxylic acids is 1. The topological polar surface area (TPSA) is 66.9 Å². The normalized spacial score (nSPS) is 13.9. The van der Waals surface area contributed by atoms with Crippen LogP contribution in [0.2, 0.25) is 0 Å². The predicted octanol–water partition coefficient (Wildman–Crippen LogP) is 4.08. The molecule has 1 saturated heterocycles. The van der Waals surface area contributed by atoms with Gasteiger partial charge >= 0.3 is 6.09 Å². The highest BCUT2D eigenvalue weighted by Crippen LogP contribution is 2.26. The number of benzene rings is 3. The van der Waals surface area contributed by atoms with Gasteiger partial charge in [0.15, 0.2) is 0 Å². The standard InChI is InChI=1S/C23H22N2O4S/c26-23-24(17-18-29-23)20-11-13-22(14-12-20)30(27,28)25(21-9-5-2-6-10-21)16-15-19-7-3-1-4-8-19/h1-14H,15-18H2. The van der Waals surface area contributed by atoms with Crippen LogP contribution in [0.25, 0.3) is 0 Å². The summed E-state index contributed by atoms with van der Waals surface area (Å²) in [6, 6.07) is 25.2. The van der Waals surface area contributed by atoms with Crippen LogP contribution in [0.3, 0.4) is 0 Å². The summed E-state index contributed by atoms with van der Waals surface area (Å²) in [5, 5.41) is 0. The Labute approximate surface area is 176 Å². The molecule has 1 heterocycles. The highest BCUT2D eigenvalue weighted by atomic mass is 32.2. The first kappa shape index (κ1) is 20.0. The molecular formula is C23H22N2O4S. The second kappa shape index (κ2) is 8.59. The maximum absolute atomic E-state index is 13.5. The summed E-state index contributed by atoms with van der Waals surface area (Å²) in [7, 11) is -3.78. The smallest absolute Gasteiger partial charge is 0.414 e. The number of cyclic esters (lactones) is 1. The van der Waals surface area contributed by atoms with Gasteiger partial charge < -0.3 is 4.74 Å². The van der Waals surface area contributed by atoms with Crippen molar-refractivity contribution in [2.75, 3.05) is 28.9 Å². The number of anilines is 2. The van der Waals surface area contributed by atoms with Gasteiger partial charge in [-0.2, -0.15) is 0 Å². The Balaban J connectivity index is 1.62. The van der Waals surface area contributed by atoms with Gasteiger partial charge in [-0.1, -0.05) is 48.5 Å². The van der Waals surface area contributed by atoms with Crippen molar-refractivity contribution in [3.8, 4) is 0 Å². The van der Waals surface area contributed by atoms with Gasteiger partial charge in [-0.15, -0.1) is 0 Å². The number of hydrogen-bond donors (Lipinski definition) is 0. The monoisotopic (exact) mass is 422 g/mol. The third-order valence-electron chi connectivity index (χ3n) is 4.99. The first-order chi connectivity index (χ1) is 14.6. The molecule has 1 aliphatic heterocycles. The van der Waals surface area contributed by atoms with Gasteiger partial charge in [0.1, 0.15) is 6.61 Å². The molecule has 0 unspecified atom stereocenters. The van der Waals surface area contributed by atoms with E-state index in [1.807, 2.05) is 48.5 Å². The fourth-order valence-corrected chi connectivity index (χ4v) is 4.88. The Bertz CT molecular complexity index is 1100. The van der Waals surface area contributed by atoms with Gasteiger partial charge in [0.05, 0.1) is 17.1 Å². The van der Waals surface area contributed by atoms with E-state index in [2.05, 4.69) is 0 Å². The molecule has 1 fully saturated rings. The second-order valence-corrected chi connectivity index (χ2v) is 8.77. The summed E-state index contributed by atoms with van der Waals surface area (Å²) in [4.78, 5) is 13.4. The Morgan fingerprint density at radius 1 is 0.867 bits per heavy atom. The van der Waals surface area contributed by atoms with Gasteiger partial charge in [-0.3, -0.25) is 9.21 Å². The summed E-state index contributed by atoms with van der Waals surface area (Å²) in [6.45, 7) is 1.11.